The van der Waals surface area contributed by atoms with E-state index in [1.54, 1.807) is 19.1 Å². The first kappa shape index (κ1) is 20.0. The molecule has 3 rings (SSSR count). The highest BCUT2D eigenvalue weighted by Gasteiger charge is 2.44. The minimum absolute atomic E-state index is 0.0342. The van der Waals surface area contributed by atoms with Crippen LogP contribution in [0.2, 0.25) is 0 Å². The van der Waals surface area contributed by atoms with Crippen LogP contribution in [0.5, 0.6) is 0 Å². The number of benzene rings is 2. The van der Waals surface area contributed by atoms with Crippen molar-refractivity contribution in [2.24, 2.45) is 5.92 Å². The number of rotatable bonds is 6. The maximum atomic E-state index is 13.7. The Morgan fingerprint density at radius 3 is 2.59 bits per heavy atom. The molecule has 1 aliphatic carbocycles. The molecule has 1 saturated carbocycles. The van der Waals surface area contributed by atoms with Crippen LogP contribution in [0.1, 0.15) is 36.0 Å². The van der Waals surface area contributed by atoms with Crippen LogP contribution >= 0.6 is 0 Å². The Bertz CT molecular complexity index is 749. The zero-order chi connectivity index (χ0) is 19.4. The molecule has 0 saturated heterocycles. The van der Waals surface area contributed by atoms with E-state index in [0.717, 1.165) is 30.5 Å². The van der Waals surface area contributed by atoms with E-state index in [4.69, 9.17) is 4.74 Å². The molecule has 0 heterocycles. The topological polar surface area (TPSA) is 32.7 Å². The first-order valence-electron chi connectivity index (χ1n) is 9.68. The second kappa shape index (κ2) is 8.51. The van der Waals surface area contributed by atoms with Gasteiger partial charge in [-0.2, -0.15) is 0 Å². The van der Waals surface area contributed by atoms with Gasteiger partial charge in [0.05, 0.1) is 18.3 Å². The molecule has 0 aromatic heterocycles. The Labute approximate surface area is 161 Å². The van der Waals surface area contributed by atoms with Gasteiger partial charge in [0.1, 0.15) is 5.82 Å². The van der Waals surface area contributed by atoms with Gasteiger partial charge in [-0.25, -0.2) is 4.39 Å². The van der Waals surface area contributed by atoms with Crippen LogP contribution in [0.3, 0.4) is 0 Å². The third kappa shape index (κ3) is 4.75. The Morgan fingerprint density at radius 1 is 1.19 bits per heavy atom. The summed E-state index contributed by atoms with van der Waals surface area (Å²) in [5.41, 5.74) is 1.60. The number of nitrogens with zero attached hydrogens (tertiary/aromatic N) is 1. The Morgan fingerprint density at radius 2 is 1.93 bits per heavy atom. The van der Waals surface area contributed by atoms with E-state index in [-0.39, 0.29) is 17.8 Å². The van der Waals surface area contributed by atoms with Crippen LogP contribution < -0.4 is 0 Å². The summed E-state index contributed by atoms with van der Waals surface area (Å²) in [7, 11) is 4.04. The third-order valence-corrected chi connectivity index (χ3v) is 5.64. The predicted octanol–water partition coefficient (Wildman–Crippen LogP) is 4.27. The normalized spacial score (nSPS) is 25.7. The van der Waals surface area contributed by atoms with E-state index in [2.05, 4.69) is 17.0 Å². The van der Waals surface area contributed by atoms with Crippen molar-refractivity contribution < 1.29 is 14.2 Å². The molecule has 3 atom stereocenters. The average molecular weight is 371 g/mol. The second-order valence-electron chi connectivity index (χ2n) is 8.04. The smallest absolute Gasteiger partial charge is 0.126 e. The van der Waals surface area contributed by atoms with Crippen LogP contribution in [0.4, 0.5) is 4.39 Å². The van der Waals surface area contributed by atoms with Gasteiger partial charge >= 0.3 is 0 Å². The van der Waals surface area contributed by atoms with Crippen molar-refractivity contribution in [3.8, 4) is 0 Å². The lowest BCUT2D eigenvalue weighted by molar-refractivity contribution is -0.110. The SMILES string of the molecule is Cc1cc(C2(O)CCC(OCc3ccccc3)CC2CN(C)C)ccc1F. The largest absolute Gasteiger partial charge is 0.385 e. The molecule has 0 bridgehead atoms. The zero-order valence-electron chi connectivity index (χ0n) is 16.5. The highest BCUT2D eigenvalue weighted by molar-refractivity contribution is 5.30. The fourth-order valence-corrected chi connectivity index (χ4v) is 4.12. The molecule has 2 aromatic carbocycles. The average Bonchev–Trinajstić information content (AvgIpc) is 2.65. The van der Waals surface area contributed by atoms with Crippen molar-refractivity contribution in [3.63, 3.8) is 0 Å². The first-order chi connectivity index (χ1) is 12.9. The summed E-state index contributed by atoms with van der Waals surface area (Å²) in [5.74, 6) is -0.196. The van der Waals surface area contributed by atoms with Gasteiger partial charge in [0, 0.05) is 12.5 Å². The van der Waals surface area contributed by atoms with Crippen molar-refractivity contribution in [1.29, 1.82) is 0 Å². The summed E-state index contributed by atoms with van der Waals surface area (Å²) < 4.78 is 19.9. The molecular formula is C23H30FNO2. The van der Waals surface area contributed by atoms with Crippen LogP contribution in [0.25, 0.3) is 0 Å². The van der Waals surface area contributed by atoms with E-state index in [1.165, 1.54) is 6.07 Å². The van der Waals surface area contributed by atoms with Crippen LogP contribution in [0.15, 0.2) is 48.5 Å². The molecule has 146 valence electrons. The summed E-state index contributed by atoms with van der Waals surface area (Å²) >= 11 is 0. The molecule has 0 spiro atoms. The van der Waals surface area contributed by atoms with Gasteiger partial charge in [0.15, 0.2) is 0 Å². The number of aryl methyl sites for hydroxylation is 1. The quantitative estimate of drug-likeness (QED) is 0.823. The molecule has 0 radical (unpaired) electrons. The highest BCUT2D eigenvalue weighted by atomic mass is 19.1. The molecule has 3 nitrogen and oxygen atoms in total. The van der Waals surface area contributed by atoms with Gasteiger partial charge in [0.25, 0.3) is 0 Å². The van der Waals surface area contributed by atoms with Crippen LogP contribution in [0, 0.1) is 18.7 Å². The molecule has 2 aromatic rings. The predicted molar refractivity (Wildman–Crippen MR) is 106 cm³/mol. The number of hydrogen-bond acceptors (Lipinski definition) is 3. The molecule has 0 amide bonds. The minimum Gasteiger partial charge on any atom is -0.385 e. The first-order valence-corrected chi connectivity index (χ1v) is 9.68. The third-order valence-electron chi connectivity index (χ3n) is 5.64. The summed E-state index contributed by atoms with van der Waals surface area (Å²) in [5, 5.41) is 11.6. The standard InChI is InChI=1S/C23H30FNO2/c1-17-13-19(9-10-22(17)24)23(26)12-11-21(14-20(23)15-25(2)3)27-16-18-7-5-4-6-8-18/h4-10,13,20-21,26H,11-12,14-16H2,1-3H3. The molecule has 4 heteroatoms. The Balaban J connectivity index is 1.75. The lowest BCUT2D eigenvalue weighted by atomic mass is 9.70. The van der Waals surface area contributed by atoms with E-state index in [9.17, 15) is 9.50 Å². The van der Waals surface area contributed by atoms with E-state index in [0.29, 0.717) is 18.6 Å². The number of ether oxygens (including phenoxy) is 1. The van der Waals surface area contributed by atoms with Crippen molar-refractivity contribution in [1.82, 2.24) is 4.90 Å². The van der Waals surface area contributed by atoms with Gasteiger partial charge in [-0.1, -0.05) is 42.5 Å². The monoisotopic (exact) mass is 371 g/mol. The van der Waals surface area contributed by atoms with Gasteiger partial charge in [-0.05, 0) is 63.0 Å². The summed E-state index contributed by atoms with van der Waals surface area (Å²) in [6.07, 6.45) is 2.33. The van der Waals surface area contributed by atoms with E-state index >= 15 is 0 Å². The van der Waals surface area contributed by atoms with Gasteiger partial charge in [-0.3, -0.25) is 0 Å². The van der Waals surface area contributed by atoms with E-state index in [1.807, 2.05) is 32.3 Å². The van der Waals surface area contributed by atoms with Crippen molar-refractivity contribution >= 4 is 0 Å². The summed E-state index contributed by atoms with van der Waals surface area (Å²) in [4.78, 5) is 2.10. The van der Waals surface area contributed by atoms with Crippen molar-refractivity contribution in [3.05, 3.63) is 71.0 Å². The number of hydrogen-bond donors (Lipinski definition) is 1. The van der Waals surface area contributed by atoms with E-state index < -0.39 is 5.60 Å². The van der Waals surface area contributed by atoms with Crippen molar-refractivity contribution in [2.45, 2.75) is 44.5 Å². The molecule has 1 aliphatic rings. The number of aliphatic hydroxyl groups is 1. The summed E-state index contributed by atoms with van der Waals surface area (Å²) in [6, 6.07) is 15.2. The molecular weight excluding hydrogens is 341 g/mol. The molecule has 27 heavy (non-hydrogen) atoms. The second-order valence-corrected chi connectivity index (χ2v) is 8.04. The molecule has 1 fully saturated rings. The maximum absolute atomic E-state index is 13.7. The fraction of sp³-hybridized carbons (Fsp3) is 0.478. The van der Waals surface area contributed by atoms with Gasteiger partial charge in [-0.15, -0.1) is 0 Å². The molecule has 1 N–H and O–H groups in total. The van der Waals surface area contributed by atoms with Crippen LogP contribution in [-0.4, -0.2) is 36.8 Å². The van der Waals surface area contributed by atoms with Gasteiger partial charge < -0.3 is 14.7 Å². The number of halogens is 1. The summed E-state index contributed by atoms with van der Waals surface area (Å²) in [6.45, 7) is 3.10. The zero-order valence-corrected chi connectivity index (χ0v) is 16.5. The highest BCUT2D eigenvalue weighted by Crippen LogP contribution is 2.43. The van der Waals surface area contributed by atoms with Crippen LogP contribution in [-0.2, 0) is 16.9 Å². The van der Waals surface area contributed by atoms with Crippen molar-refractivity contribution in [2.75, 3.05) is 20.6 Å². The lowest BCUT2D eigenvalue weighted by Gasteiger charge is -2.44. The van der Waals surface area contributed by atoms with Gasteiger partial charge in [0.2, 0.25) is 0 Å². The lowest BCUT2D eigenvalue weighted by Crippen LogP contribution is -2.46. The Hall–Kier alpha value is -1.75. The molecule has 0 aliphatic heterocycles. The fourth-order valence-electron chi connectivity index (χ4n) is 4.12. The Kier molecular flexibility index (Phi) is 6.30. The molecule has 3 unspecified atom stereocenters. The minimum atomic E-state index is -0.949. The maximum Gasteiger partial charge on any atom is 0.126 e.